The van der Waals surface area contributed by atoms with Crippen LogP contribution in [0.5, 0.6) is 5.75 Å². The van der Waals surface area contributed by atoms with E-state index in [1.54, 1.807) is 0 Å². The van der Waals surface area contributed by atoms with Gasteiger partial charge in [-0.25, -0.2) is 0 Å². The third-order valence-corrected chi connectivity index (χ3v) is 2.01. The van der Waals surface area contributed by atoms with Gasteiger partial charge in [-0.2, -0.15) is 0 Å². The fourth-order valence-electron chi connectivity index (χ4n) is 1.29. The Labute approximate surface area is 75.8 Å². The maximum Gasteiger partial charge on any atom is 0.179 e. The van der Waals surface area contributed by atoms with Gasteiger partial charge in [0.25, 0.3) is 0 Å². The van der Waals surface area contributed by atoms with E-state index in [-0.39, 0.29) is 0 Å². The lowest BCUT2D eigenvalue weighted by Crippen LogP contribution is -1.87. The van der Waals surface area contributed by atoms with Gasteiger partial charge in [0.15, 0.2) is 16.3 Å². The van der Waals surface area contributed by atoms with Crippen molar-refractivity contribution in [3.8, 4) is 5.75 Å². The predicted molar refractivity (Wildman–Crippen MR) is 50.2 cm³/mol. The largest absolute Gasteiger partial charge is 0.417 e. The summed E-state index contributed by atoms with van der Waals surface area (Å²) in [6.07, 6.45) is 0. The maximum absolute atomic E-state index is 5.04. The Hall–Kier alpha value is -0.500. The maximum atomic E-state index is 5.04. The van der Waals surface area contributed by atoms with Crippen LogP contribution in [0.2, 0.25) is 0 Å². The summed E-state index contributed by atoms with van der Waals surface area (Å²) in [5, 5.41) is 0. The van der Waals surface area contributed by atoms with Crippen LogP contribution in [-0.2, 0) is 0 Å². The SMILES string of the molecule is Cc1cc(C)c(OBr)c(C)c1. The Morgan fingerprint density at radius 3 is 1.91 bits per heavy atom. The second-order valence-corrected chi connectivity index (χ2v) is 3.13. The van der Waals surface area contributed by atoms with E-state index in [0.717, 1.165) is 5.75 Å². The molecule has 0 unspecified atom stereocenters. The molecule has 60 valence electrons. The van der Waals surface area contributed by atoms with Crippen LogP contribution < -0.4 is 3.83 Å². The summed E-state index contributed by atoms with van der Waals surface area (Å²) < 4.78 is 5.04. The minimum Gasteiger partial charge on any atom is -0.417 e. The van der Waals surface area contributed by atoms with Crippen molar-refractivity contribution in [2.75, 3.05) is 0 Å². The fourth-order valence-corrected chi connectivity index (χ4v) is 1.80. The molecule has 0 aliphatic rings. The number of rotatable bonds is 1. The summed E-state index contributed by atoms with van der Waals surface area (Å²) in [4.78, 5) is 0. The first-order valence-corrected chi connectivity index (χ1v) is 4.16. The average Bonchev–Trinajstić information content (AvgIpc) is 1.85. The molecule has 0 fully saturated rings. The minimum absolute atomic E-state index is 0.926. The zero-order valence-corrected chi connectivity index (χ0v) is 8.53. The van der Waals surface area contributed by atoms with Gasteiger partial charge < -0.3 is 3.83 Å². The number of benzene rings is 1. The molecule has 0 amide bonds. The van der Waals surface area contributed by atoms with Crippen LogP contribution in [0.1, 0.15) is 16.7 Å². The van der Waals surface area contributed by atoms with Crippen LogP contribution in [-0.4, -0.2) is 0 Å². The van der Waals surface area contributed by atoms with E-state index in [1.165, 1.54) is 16.7 Å². The van der Waals surface area contributed by atoms with Crippen molar-refractivity contribution in [3.63, 3.8) is 0 Å². The lowest BCUT2D eigenvalue weighted by atomic mass is 10.1. The van der Waals surface area contributed by atoms with Crippen molar-refractivity contribution >= 4 is 16.3 Å². The summed E-state index contributed by atoms with van der Waals surface area (Å²) in [6, 6.07) is 4.20. The van der Waals surface area contributed by atoms with Crippen LogP contribution in [0.4, 0.5) is 0 Å². The van der Waals surface area contributed by atoms with E-state index in [2.05, 4.69) is 35.3 Å². The Bertz CT molecular complexity index is 245. The molecule has 0 atom stereocenters. The molecule has 1 nitrogen and oxygen atoms in total. The summed E-state index contributed by atoms with van der Waals surface area (Å²) in [6.45, 7) is 6.16. The van der Waals surface area contributed by atoms with Gasteiger partial charge >= 0.3 is 0 Å². The van der Waals surface area contributed by atoms with Crippen molar-refractivity contribution in [2.45, 2.75) is 20.8 Å². The van der Waals surface area contributed by atoms with Crippen LogP contribution in [0.15, 0.2) is 12.1 Å². The van der Waals surface area contributed by atoms with Crippen molar-refractivity contribution in [1.82, 2.24) is 0 Å². The van der Waals surface area contributed by atoms with Gasteiger partial charge in [0.1, 0.15) is 5.75 Å². The number of halogens is 1. The second-order valence-electron chi connectivity index (χ2n) is 2.80. The van der Waals surface area contributed by atoms with Gasteiger partial charge in [0.2, 0.25) is 0 Å². The number of hydrogen-bond acceptors (Lipinski definition) is 1. The zero-order valence-electron chi connectivity index (χ0n) is 6.94. The molecule has 1 aromatic carbocycles. The molecule has 0 saturated heterocycles. The number of aryl methyl sites for hydroxylation is 3. The van der Waals surface area contributed by atoms with Gasteiger partial charge in [-0.15, -0.1) is 0 Å². The van der Waals surface area contributed by atoms with E-state index in [9.17, 15) is 0 Å². The summed E-state index contributed by atoms with van der Waals surface area (Å²) in [7, 11) is 0. The summed E-state index contributed by atoms with van der Waals surface area (Å²) >= 11 is 2.98. The average molecular weight is 215 g/mol. The molecule has 11 heavy (non-hydrogen) atoms. The van der Waals surface area contributed by atoms with E-state index in [4.69, 9.17) is 3.83 Å². The smallest absolute Gasteiger partial charge is 0.179 e. The van der Waals surface area contributed by atoms with Gasteiger partial charge in [-0.3, -0.25) is 0 Å². The Morgan fingerprint density at radius 2 is 1.55 bits per heavy atom. The lowest BCUT2D eigenvalue weighted by molar-refractivity contribution is 0.664. The second kappa shape index (κ2) is 3.26. The quantitative estimate of drug-likeness (QED) is 0.698. The topological polar surface area (TPSA) is 9.23 Å². The summed E-state index contributed by atoms with van der Waals surface area (Å²) in [5.41, 5.74) is 3.60. The molecule has 1 aromatic rings. The van der Waals surface area contributed by atoms with Crippen LogP contribution in [0.3, 0.4) is 0 Å². The summed E-state index contributed by atoms with van der Waals surface area (Å²) in [5.74, 6) is 0.926. The molecule has 0 bridgehead atoms. The van der Waals surface area contributed by atoms with E-state index >= 15 is 0 Å². The van der Waals surface area contributed by atoms with Gasteiger partial charge in [-0.1, -0.05) is 17.7 Å². The Morgan fingerprint density at radius 1 is 1.09 bits per heavy atom. The fraction of sp³-hybridized carbons (Fsp3) is 0.333. The predicted octanol–water partition coefficient (Wildman–Crippen LogP) is 3.30. The highest BCUT2D eigenvalue weighted by atomic mass is 79.9. The molecule has 0 heterocycles. The molecular formula is C9H11BrO. The van der Waals surface area contributed by atoms with Crippen LogP contribution in [0.25, 0.3) is 0 Å². The molecule has 0 spiro atoms. The molecule has 0 aliphatic heterocycles. The third-order valence-electron chi connectivity index (χ3n) is 1.68. The molecule has 0 aromatic heterocycles. The standard InChI is InChI=1S/C9H11BrO/c1-6-4-7(2)9(11-10)8(3)5-6/h4-5H,1-3H3. The highest BCUT2D eigenvalue weighted by Gasteiger charge is 2.02. The first kappa shape index (κ1) is 8.60. The zero-order chi connectivity index (χ0) is 8.43. The normalized spacial score (nSPS) is 9.82. The first-order chi connectivity index (χ1) is 5.15. The highest BCUT2D eigenvalue weighted by Crippen LogP contribution is 2.25. The number of hydrogen-bond donors (Lipinski definition) is 0. The molecular weight excluding hydrogens is 204 g/mol. The van der Waals surface area contributed by atoms with Crippen LogP contribution >= 0.6 is 16.3 Å². The molecule has 0 N–H and O–H groups in total. The highest BCUT2D eigenvalue weighted by molar-refractivity contribution is 9.06. The molecule has 0 radical (unpaired) electrons. The van der Waals surface area contributed by atoms with Gasteiger partial charge in [-0.05, 0) is 31.9 Å². The molecule has 0 saturated carbocycles. The monoisotopic (exact) mass is 214 g/mol. The van der Waals surface area contributed by atoms with E-state index in [0.29, 0.717) is 0 Å². The Kier molecular flexibility index (Phi) is 2.55. The van der Waals surface area contributed by atoms with Crippen molar-refractivity contribution in [3.05, 3.63) is 28.8 Å². The van der Waals surface area contributed by atoms with Gasteiger partial charge in [0, 0.05) is 0 Å². The van der Waals surface area contributed by atoms with Crippen LogP contribution in [0, 0.1) is 20.8 Å². The molecule has 1 rings (SSSR count). The van der Waals surface area contributed by atoms with Crippen molar-refractivity contribution in [2.24, 2.45) is 0 Å². The van der Waals surface area contributed by atoms with Crippen molar-refractivity contribution < 1.29 is 3.83 Å². The minimum atomic E-state index is 0.926. The van der Waals surface area contributed by atoms with E-state index in [1.807, 2.05) is 13.8 Å². The third kappa shape index (κ3) is 1.74. The molecule has 0 aliphatic carbocycles. The molecule has 2 heteroatoms. The van der Waals surface area contributed by atoms with Crippen molar-refractivity contribution in [1.29, 1.82) is 0 Å². The van der Waals surface area contributed by atoms with E-state index < -0.39 is 0 Å². The lowest BCUT2D eigenvalue weighted by Gasteiger charge is -2.06. The first-order valence-electron chi connectivity index (χ1n) is 3.51. The Balaban J connectivity index is 3.25. The van der Waals surface area contributed by atoms with Gasteiger partial charge in [0.05, 0.1) is 0 Å².